The van der Waals surface area contributed by atoms with Crippen LogP contribution in [0.4, 0.5) is 5.82 Å². The Morgan fingerprint density at radius 3 is 2.85 bits per heavy atom. The second-order valence-corrected chi connectivity index (χ2v) is 5.13. The van der Waals surface area contributed by atoms with Gasteiger partial charge in [0.05, 0.1) is 0 Å². The van der Waals surface area contributed by atoms with E-state index < -0.39 is 0 Å². The average Bonchev–Trinajstić information content (AvgIpc) is 2.50. The van der Waals surface area contributed by atoms with Crippen LogP contribution in [0.3, 0.4) is 0 Å². The molecule has 0 spiro atoms. The average molecular weight is 336 g/mol. The summed E-state index contributed by atoms with van der Waals surface area (Å²) in [7, 11) is 0. The first kappa shape index (κ1) is 14.5. The Morgan fingerprint density at radius 1 is 1.50 bits per heavy atom. The van der Waals surface area contributed by atoms with Crippen molar-refractivity contribution >= 4 is 27.7 Å². The first-order valence-corrected chi connectivity index (χ1v) is 6.98. The summed E-state index contributed by atoms with van der Waals surface area (Å²) in [6.07, 6.45) is 3.04. The topological polar surface area (TPSA) is 81.0 Å². The van der Waals surface area contributed by atoms with Crippen LogP contribution in [-0.2, 0) is 4.79 Å². The van der Waals surface area contributed by atoms with Gasteiger partial charge < -0.3 is 15.5 Å². The molecule has 0 saturated carbocycles. The Morgan fingerprint density at radius 2 is 2.25 bits per heavy atom. The van der Waals surface area contributed by atoms with Crippen molar-refractivity contribution in [3.63, 3.8) is 0 Å². The van der Waals surface area contributed by atoms with E-state index in [1.807, 2.05) is 12.1 Å². The van der Waals surface area contributed by atoms with Gasteiger partial charge in [0.25, 0.3) is 5.91 Å². The highest BCUT2D eigenvalue weighted by Gasteiger charge is 2.19. The van der Waals surface area contributed by atoms with Crippen molar-refractivity contribution in [3.05, 3.63) is 34.6 Å². The molecule has 7 heteroatoms. The summed E-state index contributed by atoms with van der Waals surface area (Å²) in [4.78, 5) is 17.9. The van der Waals surface area contributed by atoms with Gasteiger partial charge in [0.2, 0.25) is 0 Å². The lowest BCUT2D eigenvalue weighted by molar-refractivity contribution is -0.127. The summed E-state index contributed by atoms with van der Waals surface area (Å²) in [5, 5.41) is 15.1. The number of nitrogens with one attached hydrogen (secondary N) is 2. The first-order valence-electron chi connectivity index (χ1n) is 6.19. The largest absolute Gasteiger partial charge is 0.345 e. The summed E-state index contributed by atoms with van der Waals surface area (Å²) in [5.74, 6) is 0.327. The van der Waals surface area contributed by atoms with Crippen molar-refractivity contribution in [2.24, 2.45) is 0 Å². The van der Waals surface area contributed by atoms with Crippen LogP contribution < -0.4 is 10.6 Å². The third kappa shape index (κ3) is 3.79. The normalized spacial score (nSPS) is 15.6. The van der Waals surface area contributed by atoms with Gasteiger partial charge in [-0.25, -0.2) is 4.98 Å². The van der Waals surface area contributed by atoms with Crippen molar-refractivity contribution in [1.29, 1.82) is 5.26 Å². The van der Waals surface area contributed by atoms with Gasteiger partial charge in [-0.05, 0) is 28.1 Å². The SMILES string of the molecule is N#C/C(=C/Nc1ccc(Br)cn1)C(=O)N1CCNCC1. The van der Waals surface area contributed by atoms with E-state index in [4.69, 9.17) is 5.26 Å². The highest BCUT2D eigenvalue weighted by Crippen LogP contribution is 2.11. The molecule has 2 heterocycles. The van der Waals surface area contributed by atoms with E-state index in [9.17, 15) is 4.79 Å². The fourth-order valence-corrected chi connectivity index (χ4v) is 2.02. The second-order valence-electron chi connectivity index (χ2n) is 4.22. The van der Waals surface area contributed by atoms with Gasteiger partial charge in [0.1, 0.15) is 17.5 Å². The number of carbonyl (C=O) groups excluding carboxylic acids is 1. The van der Waals surface area contributed by atoms with E-state index in [1.165, 1.54) is 6.20 Å². The smallest absolute Gasteiger partial charge is 0.266 e. The monoisotopic (exact) mass is 335 g/mol. The van der Waals surface area contributed by atoms with Crippen LogP contribution in [0.5, 0.6) is 0 Å². The molecule has 1 fully saturated rings. The van der Waals surface area contributed by atoms with Crippen LogP contribution >= 0.6 is 15.9 Å². The Balaban J connectivity index is 2.03. The Kier molecular flexibility index (Phi) is 5.09. The van der Waals surface area contributed by atoms with Crippen molar-refractivity contribution < 1.29 is 4.79 Å². The molecule has 0 aromatic carbocycles. The standard InChI is InChI=1S/C13H14BrN5O/c14-11-1-2-12(18-9-11)17-8-10(7-15)13(20)19-5-3-16-4-6-19/h1-2,8-9,16H,3-6H2,(H,17,18)/b10-8-. The molecule has 1 aromatic heterocycles. The fraction of sp³-hybridized carbons (Fsp3) is 0.308. The predicted molar refractivity (Wildman–Crippen MR) is 78.7 cm³/mol. The summed E-state index contributed by atoms with van der Waals surface area (Å²) in [5.41, 5.74) is 0.0802. The molecule has 1 amide bonds. The number of nitrogens with zero attached hydrogens (tertiary/aromatic N) is 3. The summed E-state index contributed by atoms with van der Waals surface area (Å²) in [6.45, 7) is 2.75. The van der Waals surface area contributed by atoms with Gasteiger partial charge in [0, 0.05) is 43.0 Å². The van der Waals surface area contributed by atoms with Crippen LogP contribution in [0.25, 0.3) is 0 Å². The molecule has 1 saturated heterocycles. The molecule has 1 aromatic rings. The van der Waals surface area contributed by atoms with Crippen LogP contribution in [0.1, 0.15) is 0 Å². The zero-order chi connectivity index (χ0) is 14.4. The van der Waals surface area contributed by atoms with Gasteiger partial charge in [-0.1, -0.05) is 0 Å². The quantitative estimate of drug-likeness (QED) is 0.638. The molecule has 0 bridgehead atoms. The Labute approximate surface area is 125 Å². The minimum Gasteiger partial charge on any atom is -0.345 e. The summed E-state index contributed by atoms with van der Waals surface area (Å²) >= 11 is 3.29. The number of hydrogen-bond donors (Lipinski definition) is 2. The van der Waals surface area contributed by atoms with Crippen molar-refractivity contribution in [3.8, 4) is 6.07 Å². The maximum absolute atomic E-state index is 12.1. The lowest BCUT2D eigenvalue weighted by Gasteiger charge is -2.27. The number of nitriles is 1. The molecule has 0 aliphatic carbocycles. The number of rotatable bonds is 3. The van der Waals surface area contributed by atoms with Crippen molar-refractivity contribution in [2.45, 2.75) is 0 Å². The van der Waals surface area contributed by atoms with E-state index in [1.54, 1.807) is 17.2 Å². The third-order valence-corrected chi connectivity index (χ3v) is 3.32. The van der Waals surface area contributed by atoms with Crippen molar-refractivity contribution in [2.75, 3.05) is 31.5 Å². The van der Waals surface area contributed by atoms with E-state index in [2.05, 4.69) is 31.5 Å². The van der Waals surface area contributed by atoms with Gasteiger partial charge >= 0.3 is 0 Å². The first-order chi connectivity index (χ1) is 9.70. The fourth-order valence-electron chi connectivity index (χ4n) is 1.79. The van der Waals surface area contributed by atoms with Crippen LogP contribution in [-0.4, -0.2) is 42.0 Å². The Hall–Kier alpha value is -1.91. The number of amides is 1. The van der Waals surface area contributed by atoms with E-state index in [0.717, 1.165) is 17.6 Å². The lowest BCUT2D eigenvalue weighted by Crippen LogP contribution is -2.46. The molecule has 0 unspecified atom stereocenters. The molecule has 20 heavy (non-hydrogen) atoms. The van der Waals surface area contributed by atoms with Gasteiger partial charge in [-0.15, -0.1) is 0 Å². The molecular formula is C13H14BrN5O. The number of aromatic nitrogens is 1. The number of carbonyl (C=O) groups is 1. The molecule has 2 N–H and O–H groups in total. The highest BCUT2D eigenvalue weighted by molar-refractivity contribution is 9.10. The molecule has 0 atom stereocenters. The van der Waals surface area contributed by atoms with Gasteiger partial charge in [0.15, 0.2) is 0 Å². The number of pyridine rings is 1. The zero-order valence-electron chi connectivity index (χ0n) is 10.8. The molecule has 1 aliphatic heterocycles. The zero-order valence-corrected chi connectivity index (χ0v) is 12.4. The van der Waals surface area contributed by atoms with E-state index >= 15 is 0 Å². The minimum atomic E-state index is -0.251. The van der Waals surface area contributed by atoms with Crippen molar-refractivity contribution in [1.82, 2.24) is 15.2 Å². The lowest BCUT2D eigenvalue weighted by atomic mass is 10.2. The molecule has 104 valence electrons. The highest BCUT2D eigenvalue weighted by atomic mass is 79.9. The van der Waals surface area contributed by atoms with Crippen LogP contribution in [0, 0.1) is 11.3 Å². The van der Waals surface area contributed by atoms with Gasteiger partial charge in [-0.3, -0.25) is 4.79 Å². The predicted octanol–water partition coefficient (Wildman–Crippen LogP) is 1.10. The third-order valence-electron chi connectivity index (χ3n) is 2.85. The summed E-state index contributed by atoms with van der Waals surface area (Å²) < 4.78 is 0.865. The Bertz CT molecular complexity index is 543. The molecule has 2 rings (SSSR count). The molecule has 6 nitrogen and oxygen atoms in total. The molecule has 1 aliphatic rings. The molecular weight excluding hydrogens is 322 g/mol. The number of piperazine rings is 1. The molecule has 0 radical (unpaired) electrons. The maximum atomic E-state index is 12.1. The van der Waals surface area contributed by atoms with E-state index in [0.29, 0.717) is 18.9 Å². The second kappa shape index (κ2) is 7.03. The van der Waals surface area contributed by atoms with Crippen LogP contribution in [0.15, 0.2) is 34.6 Å². The van der Waals surface area contributed by atoms with E-state index in [-0.39, 0.29) is 11.5 Å². The van der Waals surface area contributed by atoms with Crippen LogP contribution in [0.2, 0.25) is 0 Å². The number of hydrogen-bond acceptors (Lipinski definition) is 5. The van der Waals surface area contributed by atoms with Gasteiger partial charge in [-0.2, -0.15) is 5.26 Å². The maximum Gasteiger partial charge on any atom is 0.266 e. The number of anilines is 1. The minimum absolute atomic E-state index is 0.0802. The number of halogens is 1. The summed E-state index contributed by atoms with van der Waals surface area (Å²) in [6, 6.07) is 5.51.